The molecule has 0 saturated heterocycles. The zero-order chi connectivity index (χ0) is 13.5. The minimum Gasteiger partial charge on any atom is -0.490 e. The lowest BCUT2D eigenvalue weighted by Gasteiger charge is -2.13. The van der Waals surface area contributed by atoms with E-state index in [0.717, 1.165) is 5.56 Å². The first kappa shape index (κ1) is 14.4. The molecule has 0 aromatic heterocycles. The van der Waals surface area contributed by atoms with Crippen molar-refractivity contribution in [1.29, 1.82) is 0 Å². The molecular weight excluding hydrogens is 239 g/mol. The van der Waals surface area contributed by atoms with Crippen molar-refractivity contribution in [2.75, 3.05) is 13.2 Å². The zero-order valence-electron chi connectivity index (χ0n) is 10.5. The summed E-state index contributed by atoms with van der Waals surface area (Å²) in [4.78, 5) is 10.8. The molecule has 0 saturated carbocycles. The monoisotopic (exact) mass is 256 g/mol. The molecule has 0 aliphatic carbocycles. The average Bonchev–Trinajstić information content (AvgIpc) is 2.32. The predicted octanol–water partition coefficient (Wildman–Crippen LogP) is 2.39. The molecule has 1 N–H and O–H groups in total. The number of carboxylic acids is 1. The van der Waals surface area contributed by atoms with Gasteiger partial charge in [0.2, 0.25) is 0 Å². The second-order valence-electron chi connectivity index (χ2n) is 3.85. The summed E-state index contributed by atoms with van der Waals surface area (Å²) < 4.78 is 23.6. The topological polar surface area (TPSA) is 55.8 Å². The molecule has 100 valence electrons. The van der Waals surface area contributed by atoms with Crippen molar-refractivity contribution in [2.24, 2.45) is 0 Å². The van der Waals surface area contributed by atoms with Gasteiger partial charge in [0.25, 0.3) is 0 Å². The number of aryl methyl sites for hydroxylation is 1. The van der Waals surface area contributed by atoms with E-state index >= 15 is 0 Å². The van der Waals surface area contributed by atoms with E-state index in [9.17, 15) is 9.18 Å². The Morgan fingerprint density at radius 2 is 2.22 bits per heavy atom. The highest BCUT2D eigenvalue weighted by Crippen LogP contribution is 2.18. The van der Waals surface area contributed by atoms with Gasteiger partial charge in [-0.05, 0) is 31.5 Å². The molecule has 1 atom stereocenters. The van der Waals surface area contributed by atoms with Crippen LogP contribution in [0.1, 0.15) is 18.9 Å². The first-order valence-electron chi connectivity index (χ1n) is 5.78. The quantitative estimate of drug-likeness (QED) is 0.813. The molecule has 5 heteroatoms. The minimum absolute atomic E-state index is 0.0946. The maximum atomic E-state index is 13.3. The molecule has 0 amide bonds. The van der Waals surface area contributed by atoms with Gasteiger partial charge in [-0.15, -0.1) is 0 Å². The van der Waals surface area contributed by atoms with Crippen LogP contribution in [0, 0.1) is 12.7 Å². The summed E-state index contributed by atoms with van der Waals surface area (Å²) in [5.41, 5.74) is 0.881. The molecule has 1 rings (SSSR count). The van der Waals surface area contributed by atoms with Gasteiger partial charge in [-0.25, -0.2) is 9.18 Å². The van der Waals surface area contributed by atoms with Gasteiger partial charge in [-0.1, -0.05) is 6.07 Å². The fourth-order valence-corrected chi connectivity index (χ4v) is 1.48. The van der Waals surface area contributed by atoms with E-state index < -0.39 is 17.9 Å². The van der Waals surface area contributed by atoms with Crippen LogP contribution >= 0.6 is 0 Å². The number of carboxylic acid groups (broad SMARTS) is 1. The van der Waals surface area contributed by atoms with Crippen molar-refractivity contribution in [3.8, 4) is 5.75 Å². The summed E-state index contributed by atoms with van der Waals surface area (Å²) in [6, 6.07) is 4.54. The van der Waals surface area contributed by atoms with E-state index in [-0.39, 0.29) is 18.8 Å². The second-order valence-corrected chi connectivity index (χ2v) is 3.85. The van der Waals surface area contributed by atoms with Crippen LogP contribution in [0.3, 0.4) is 0 Å². The van der Waals surface area contributed by atoms with Crippen LogP contribution in [-0.4, -0.2) is 30.4 Å². The van der Waals surface area contributed by atoms with E-state index in [1.807, 2.05) is 6.92 Å². The lowest BCUT2D eigenvalue weighted by atomic mass is 10.2. The van der Waals surface area contributed by atoms with E-state index in [0.29, 0.717) is 6.61 Å². The van der Waals surface area contributed by atoms with Crippen molar-refractivity contribution in [2.45, 2.75) is 26.4 Å². The minimum atomic E-state index is -1.04. The number of halogens is 1. The number of rotatable bonds is 7. The Kier molecular flexibility index (Phi) is 5.58. The molecule has 0 radical (unpaired) electrons. The van der Waals surface area contributed by atoms with Gasteiger partial charge in [0.1, 0.15) is 0 Å². The number of hydrogen-bond acceptors (Lipinski definition) is 3. The van der Waals surface area contributed by atoms with Gasteiger partial charge in [0, 0.05) is 13.0 Å². The number of benzene rings is 1. The molecule has 1 aromatic rings. The summed E-state index contributed by atoms with van der Waals surface area (Å²) in [7, 11) is 0. The maximum Gasteiger partial charge on any atom is 0.332 e. The first-order valence-corrected chi connectivity index (χ1v) is 5.78. The highest BCUT2D eigenvalue weighted by Gasteiger charge is 2.17. The van der Waals surface area contributed by atoms with Crippen LogP contribution in [0.25, 0.3) is 0 Å². The Bertz CT molecular complexity index is 406. The van der Waals surface area contributed by atoms with Crippen molar-refractivity contribution in [3.05, 3.63) is 29.6 Å². The molecule has 1 aromatic carbocycles. The third kappa shape index (κ3) is 4.33. The summed E-state index contributed by atoms with van der Waals surface area (Å²) in [6.07, 6.45) is -0.737. The standard InChI is InChI=1S/C13H17FO4/c1-3-17-11(13(15)16)6-7-18-12-8-9(2)4-5-10(12)14/h4-5,8,11H,3,6-7H2,1-2H3,(H,15,16). The number of hydrogen-bond donors (Lipinski definition) is 1. The van der Waals surface area contributed by atoms with Crippen molar-refractivity contribution < 1.29 is 23.8 Å². The summed E-state index contributed by atoms with van der Waals surface area (Å²) in [5.74, 6) is -1.36. The lowest BCUT2D eigenvalue weighted by molar-refractivity contribution is -0.150. The van der Waals surface area contributed by atoms with Gasteiger partial charge in [0.15, 0.2) is 17.7 Å². The fraction of sp³-hybridized carbons (Fsp3) is 0.462. The van der Waals surface area contributed by atoms with Crippen LogP contribution in [0.4, 0.5) is 4.39 Å². The molecule has 0 aliphatic rings. The fourth-order valence-electron chi connectivity index (χ4n) is 1.48. The Balaban J connectivity index is 2.49. The van der Waals surface area contributed by atoms with Gasteiger partial charge >= 0.3 is 5.97 Å². The van der Waals surface area contributed by atoms with Gasteiger partial charge in [0.05, 0.1) is 6.61 Å². The number of carbonyl (C=O) groups is 1. The highest BCUT2D eigenvalue weighted by molar-refractivity contribution is 5.72. The second kappa shape index (κ2) is 6.96. The smallest absolute Gasteiger partial charge is 0.332 e. The van der Waals surface area contributed by atoms with Crippen LogP contribution in [0.5, 0.6) is 5.75 Å². The van der Waals surface area contributed by atoms with Gasteiger partial charge in [-0.3, -0.25) is 0 Å². The van der Waals surface area contributed by atoms with Gasteiger partial charge < -0.3 is 14.6 Å². The lowest BCUT2D eigenvalue weighted by Crippen LogP contribution is -2.26. The zero-order valence-corrected chi connectivity index (χ0v) is 10.5. The van der Waals surface area contributed by atoms with E-state index in [2.05, 4.69) is 0 Å². The molecule has 18 heavy (non-hydrogen) atoms. The van der Waals surface area contributed by atoms with Crippen LogP contribution in [-0.2, 0) is 9.53 Å². The average molecular weight is 256 g/mol. The van der Waals surface area contributed by atoms with Crippen LogP contribution in [0.2, 0.25) is 0 Å². The summed E-state index contributed by atoms with van der Waals surface area (Å²) >= 11 is 0. The Morgan fingerprint density at radius 3 is 2.83 bits per heavy atom. The number of aliphatic carboxylic acids is 1. The number of ether oxygens (including phenoxy) is 2. The molecule has 0 spiro atoms. The van der Waals surface area contributed by atoms with Crippen molar-refractivity contribution in [3.63, 3.8) is 0 Å². The third-order valence-corrected chi connectivity index (χ3v) is 2.37. The molecule has 4 nitrogen and oxygen atoms in total. The van der Waals surface area contributed by atoms with E-state index in [4.69, 9.17) is 14.6 Å². The van der Waals surface area contributed by atoms with Crippen molar-refractivity contribution in [1.82, 2.24) is 0 Å². The summed E-state index contributed by atoms with van der Waals surface area (Å²) in [6.45, 7) is 3.96. The molecule has 0 bridgehead atoms. The van der Waals surface area contributed by atoms with E-state index in [1.54, 1.807) is 19.1 Å². The Hall–Kier alpha value is -1.62. The highest BCUT2D eigenvalue weighted by atomic mass is 19.1. The molecule has 0 heterocycles. The summed E-state index contributed by atoms with van der Waals surface area (Å²) in [5, 5.41) is 8.85. The van der Waals surface area contributed by atoms with Crippen LogP contribution in [0.15, 0.2) is 18.2 Å². The predicted molar refractivity (Wildman–Crippen MR) is 64.3 cm³/mol. The SMILES string of the molecule is CCOC(CCOc1cc(C)ccc1F)C(=O)O. The van der Waals surface area contributed by atoms with Crippen molar-refractivity contribution >= 4 is 5.97 Å². The largest absolute Gasteiger partial charge is 0.490 e. The van der Waals surface area contributed by atoms with Crippen LogP contribution < -0.4 is 4.74 Å². The van der Waals surface area contributed by atoms with Gasteiger partial charge in [-0.2, -0.15) is 0 Å². The Morgan fingerprint density at radius 1 is 1.50 bits per heavy atom. The molecule has 0 fully saturated rings. The molecule has 0 aliphatic heterocycles. The maximum absolute atomic E-state index is 13.3. The third-order valence-electron chi connectivity index (χ3n) is 2.37. The Labute approximate surface area is 105 Å². The molecule has 1 unspecified atom stereocenters. The van der Waals surface area contributed by atoms with E-state index in [1.165, 1.54) is 6.07 Å². The first-order chi connectivity index (χ1) is 8.54. The molecular formula is C13H17FO4. The normalized spacial score (nSPS) is 12.2.